The van der Waals surface area contributed by atoms with Crippen molar-refractivity contribution in [2.45, 2.75) is 5.16 Å². The number of benzene rings is 2. The monoisotopic (exact) mass is 312 g/mol. The molecule has 0 atom stereocenters. The van der Waals surface area contributed by atoms with Gasteiger partial charge in [-0.15, -0.1) is 0 Å². The smallest absolute Gasteiger partial charge is 0.259 e. The fourth-order valence-electron chi connectivity index (χ4n) is 2.21. The second-order valence-electron chi connectivity index (χ2n) is 4.62. The molecule has 0 saturated carbocycles. The standard InChI is InChI=1S/C17H13FN2OS/c1-22-17-19-14(12-7-3-2-4-8-12)11-16(21)20(17)15-10-6-5-9-13(15)18/h2-11H,1H3. The molecule has 5 heteroatoms. The van der Waals surface area contributed by atoms with E-state index in [-0.39, 0.29) is 11.2 Å². The van der Waals surface area contributed by atoms with Crippen molar-refractivity contribution in [2.75, 3.05) is 6.26 Å². The van der Waals surface area contributed by atoms with Crippen molar-refractivity contribution in [3.05, 3.63) is 76.8 Å². The van der Waals surface area contributed by atoms with Gasteiger partial charge in [-0.05, 0) is 18.4 Å². The van der Waals surface area contributed by atoms with Crippen molar-refractivity contribution in [1.29, 1.82) is 0 Å². The zero-order chi connectivity index (χ0) is 15.5. The predicted octanol–water partition coefficient (Wildman–Crippen LogP) is 3.76. The number of hydrogen-bond donors (Lipinski definition) is 0. The first kappa shape index (κ1) is 14.5. The Balaban J connectivity index is 2.22. The Morgan fingerprint density at radius 2 is 1.73 bits per heavy atom. The highest BCUT2D eigenvalue weighted by molar-refractivity contribution is 7.98. The van der Waals surface area contributed by atoms with Crippen LogP contribution in [0.4, 0.5) is 4.39 Å². The quantitative estimate of drug-likeness (QED) is 0.545. The molecule has 0 unspecified atom stereocenters. The SMILES string of the molecule is CSc1nc(-c2ccccc2)cc(=O)n1-c1ccccc1F. The van der Waals surface area contributed by atoms with Crippen LogP contribution in [0.15, 0.2) is 70.6 Å². The minimum Gasteiger partial charge on any atom is -0.269 e. The van der Waals surface area contributed by atoms with Gasteiger partial charge in [0.25, 0.3) is 5.56 Å². The van der Waals surface area contributed by atoms with Gasteiger partial charge in [-0.2, -0.15) is 0 Å². The van der Waals surface area contributed by atoms with Crippen molar-refractivity contribution >= 4 is 11.8 Å². The van der Waals surface area contributed by atoms with Gasteiger partial charge in [0.1, 0.15) is 5.82 Å². The van der Waals surface area contributed by atoms with E-state index in [0.29, 0.717) is 10.9 Å². The summed E-state index contributed by atoms with van der Waals surface area (Å²) < 4.78 is 15.3. The largest absolute Gasteiger partial charge is 0.269 e. The maximum absolute atomic E-state index is 14.0. The lowest BCUT2D eigenvalue weighted by Gasteiger charge is -2.12. The van der Waals surface area contributed by atoms with Crippen LogP contribution in [-0.2, 0) is 0 Å². The third-order valence-corrected chi connectivity index (χ3v) is 3.87. The summed E-state index contributed by atoms with van der Waals surface area (Å²) in [6.07, 6.45) is 1.81. The summed E-state index contributed by atoms with van der Waals surface area (Å²) in [6.45, 7) is 0. The van der Waals surface area contributed by atoms with Crippen molar-refractivity contribution in [3.63, 3.8) is 0 Å². The summed E-state index contributed by atoms with van der Waals surface area (Å²) in [7, 11) is 0. The zero-order valence-corrected chi connectivity index (χ0v) is 12.7. The third-order valence-electron chi connectivity index (χ3n) is 3.23. The summed E-state index contributed by atoms with van der Waals surface area (Å²) in [6, 6.07) is 17.1. The van der Waals surface area contributed by atoms with Crippen LogP contribution >= 0.6 is 11.8 Å². The first-order chi connectivity index (χ1) is 10.7. The lowest BCUT2D eigenvalue weighted by Crippen LogP contribution is -2.21. The van der Waals surface area contributed by atoms with Crippen LogP contribution in [0.1, 0.15) is 0 Å². The number of hydrogen-bond acceptors (Lipinski definition) is 3. The van der Waals surface area contributed by atoms with Crippen LogP contribution in [0.3, 0.4) is 0 Å². The lowest BCUT2D eigenvalue weighted by molar-refractivity contribution is 0.607. The van der Waals surface area contributed by atoms with Crippen LogP contribution in [0.2, 0.25) is 0 Å². The van der Waals surface area contributed by atoms with E-state index in [1.54, 1.807) is 18.2 Å². The van der Waals surface area contributed by atoms with Gasteiger partial charge in [-0.1, -0.05) is 54.2 Å². The van der Waals surface area contributed by atoms with Gasteiger partial charge in [-0.25, -0.2) is 9.37 Å². The van der Waals surface area contributed by atoms with Gasteiger partial charge >= 0.3 is 0 Å². The topological polar surface area (TPSA) is 34.9 Å². The minimum atomic E-state index is -0.450. The Labute approximate surface area is 131 Å². The van der Waals surface area contributed by atoms with Crippen molar-refractivity contribution in [2.24, 2.45) is 0 Å². The summed E-state index contributed by atoms with van der Waals surface area (Å²) >= 11 is 1.31. The number of nitrogens with zero attached hydrogens (tertiary/aromatic N) is 2. The van der Waals surface area contributed by atoms with Crippen LogP contribution < -0.4 is 5.56 Å². The van der Waals surface area contributed by atoms with Gasteiger partial charge in [-0.3, -0.25) is 9.36 Å². The summed E-state index contributed by atoms with van der Waals surface area (Å²) in [5.74, 6) is -0.450. The lowest BCUT2D eigenvalue weighted by atomic mass is 10.1. The molecular formula is C17H13FN2OS. The average Bonchev–Trinajstić information content (AvgIpc) is 2.56. The molecule has 22 heavy (non-hydrogen) atoms. The summed E-state index contributed by atoms with van der Waals surface area (Å²) in [5.41, 5.74) is 1.35. The predicted molar refractivity (Wildman–Crippen MR) is 87.0 cm³/mol. The number of halogens is 1. The molecule has 0 aliphatic rings. The van der Waals surface area contributed by atoms with E-state index >= 15 is 0 Å². The number of para-hydroxylation sites is 1. The van der Waals surface area contributed by atoms with E-state index in [0.717, 1.165) is 5.56 Å². The van der Waals surface area contributed by atoms with Crippen LogP contribution in [0, 0.1) is 5.82 Å². The van der Waals surface area contributed by atoms with E-state index in [2.05, 4.69) is 4.98 Å². The molecule has 0 bridgehead atoms. The fourth-order valence-corrected chi connectivity index (χ4v) is 2.77. The molecule has 0 spiro atoms. The summed E-state index contributed by atoms with van der Waals surface area (Å²) in [5, 5.41) is 0.455. The van der Waals surface area contributed by atoms with Gasteiger partial charge in [0.05, 0.1) is 11.4 Å². The molecule has 0 N–H and O–H groups in total. The third kappa shape index (κ3) is 2.67. The van der Waals surface area contributed by atoms with E-state index in [1.165, 1.54) is 28.5 Å². The van der Waals surface area contributed by atoms with Gasteiger partial charge in [0, 0.05) is 11.6 Å². The molecule has 1 aromatic heterocycles. The second-order valence-corrected chi connectivity index (χ2v) is 5.39. The van der Waals surface area contributed by atoms with Crippen LogP contribution in [0.25, 0.3) is 16.9 Å². The molecule has 0 radical (unpaired) electrons. The normalized spacial score (nSPS) is 10.6. The number of thioether (sulfide) groups is 1. The number of aromatic nitrogens is 2. The first-order valence-corrected chi connectivity index (χ1v) is 7.91. The number of rotatable bonds is 3. The highest BCUT2D eigenvalue weighted by atomic mass is 32.2. The van der Waals surface area contributed by atoms with E-state index in [1.807, 2.05) is 36.6 Å². The molecular weight excluding hydrogens is 299 g/mol. The second kappa shape index (κ2) is 6.15. The Morgan fingerprint density at radius 3 is 2.41 bits per heavy atom. The molecule has 1 heterocycles. The van der Waals surface area contributed by atoms with E-state index < -0.39 is 5.82 Å². The van der Waals surface area contributed by atoms with E-state index in [9.17, 15) is 9.18 Å². The zero-order valence-electron chi connectivity index (χ0n) is 11.9. The van der Waals surface area contributed by atoms with Crippen LogP contribution in [0.5, 0.6) is 0 Å². The fraction of sp³-hybridized carbons (Fsp3) is 0.0588. The maximum Gasteiger partial charge on any atom is 0.259 e. The molecule has 3 aromatic rings. The van der Waals surface area contributed by atoms with E-state index in [4.69, 9.17) is 0 Å². The molecule has 0 saturated heterocycles. The Bertz CT molecular complexity index is 862. The molecule has 0 fully saturated rings. The molecule has 0 amide bonds. The van der Waals surface area contributed by atoms with Gasteiger partial charge < -0.3 is 0 Å². The van der Waals surface area contributed by atoms with Crippen LogP contribution in [-0.4, -0.2) is 15.8 Å². The Morgan fingerprint density at radius 1 is 1.05 bits per heavy atom. The summed E-state index contributed by atoms with van der Waals surface area (Å²) in [4.78, 5) is 17.0. The molecule has 3 nitrogen and oxygen atoms in total. The van der Waals surface area contributed by atoms with Crippen molar-refractivity contribution in [3.8, 4) is 16.9 Å². The maximum atomic E-state index is 14.0. The minimum absolute atomic E-state index is 0.212. The molecule has 0 aliphatic carbocycles. The Hall–Kier alpha value is -2.40. The molecule has 3 rings (SSSR count). The molecule has 0 aliphatic heterocycles. The average molecular weight is 312 g/mol. The van der Waals surface area contributed by atoms with Gasteiger partial charge in [0.2, 0.25) is 0 Å². The highest BCUT2D eigenvalue weighted by Gasteiger charge is 2.13. The highest BCUT2D eigenvalue weighted by Crippen LogP contribution is 2.22. The van der Waals surface area contributed by atoms with Crippen molar-refractivity contribution < 1.29 is 4.39 Å². The molecule has 2 aromatic carbocycles. The van der Waals surface area contributed by atoms with Crippen molar-refractivity contribution in [1.82, 2.24) is 9.55 Å². The molecule has 110 valence electrons. The van der Waals surface area contributed by atoms with Gasteiger partial charge in [0.15, 0.2) is 5.16 Å². The Kier molecular flexibility index (Phi) is 4.06. The first-order valence-electron chi connectivity index (χ1n) is 6.69.